The minimum atomic E-state index is -0.239. The number of morpholine rings is 1. The van der Waals surface area contributed by atoms with Crippen molar-refractivity contribution in [2.24, 2.45) is 5.92 Å². The van der Waals surface area contributed by atoms with Crippen LogP contribution < -0.4 is 10.9 Å². The average Bonchev–Trinajstić information content (AvgIpc) is 2.57. The summed E-state index contributed by atoms with van der Waals surface area (Å²) in [6, 6.07) is 3.38. The van der Waals surface area contributed by atoms with Crippen LogP contribution >= 0.6 is 0 Å². The van der Waals surface area contributed by atoms with Crippen molar-refractivity contribution in [3.8, 4) is 0 Å². The highest BCUT2D eigenvalue weighted by atomic mass is 16.5. The minimum Gasteiger partial charge on any atom is -0.378 e. The highest BCUT2D eigenvalue weighted by Crippen LogP contribution is 2.28. The van der Waals surface area contributed by atoms with Crippen LogP contribution in [-0.2, 0) is 22.6 Å². The van der Waals surface area contributed by atoms with Gasteiger partial charge in [-0.15, -0.1) is 0 Å². The van der Waals surface area contributed by atoms with E-state index in [1.807, 2.05) is 13.0 Å². The van der Waals surface area contributed by atoms with Crippen molar-refractivity contribution in [3.05, 3.63) is 34.2 Å². The molecule has 6 heteroatoms. The largest absolute Gasteiger partial charge is 0.378 e. The first-order chi connectivity index (χ1) is 11.7. The number of hydrogen-bond acceptors (Lipinski definition) is 4. The zero-order valence-corrected chi connectivity index (χ0v) is 14.4. The van der Waals surface area contributed by atoms with Crippen molar-refractivity contribution in [2.45, 2.75) is 45.3 Å². The Morgan fingerprint density at radius 1 is 1.42 bits per heavy atom. The molecule has 1 amide bonds. The van der Waals surface area contributed by atoms with E-state index in [-0.39, 0.29) is 24.1 Å². The Kier molecular flexibility index (Phi) is 5.68. The topological polar surface area (TPSA) is 63.6 Å². The average molecular weight is 333 g/mol. The second kappa shape index (κ2) is 7.94. The number of amides is 1. The number of carbonyl (C=O) groups is 1. The smallest absolute Gasteiger partial charge is 0.255 e. The van der Waals surface area contributed by atoms with E-state index in [1.54, 1.807) is 16.8 Å². The van der Waals surface area contributed by atoms with Gasteiger partial charge in [-0.3, -0.25) is 14.5 Å². The molecule has 0 radical (unpaired) electrons. The minimum absolute atomic E-state index is 0.0356. The number of aromatic nitrogens is 1. The third kappa shape index (κ3) is 3.87. The van der Waals surface area contributed by atoms with Crippen molar-refractivity contribution in [3.63, 3.8) is 0 Å². The van der Waals surface area contributed by atoms with Crippen LogP contribution in [0.4, 0.5) is 0 Å². The van der Waals surface area contributed by atoms with E-state index in [1.165, 1.54) is 19.3 Å². The fourth-order valence-electron chi connectivity index (χ4n) is 3.38. The molecule has 0 spiro atoms. The standard InChI is InChI=1S/C18H27N3O3/c1-2-20-8-4-7-15(18(20)23)11-19-17(22)16-13-24-10-9-21(16)12-14-5-3-6-14/h4,7-8,14,16H,2-3,5-6,9-13H2,1H3,(H,19,22). The number of ether oxygens (including phenoxy) is 1. The van der Waals surface area contributed by atoms with E-state index >= 15 is 0 Å². The lowest BCUT2D eigenvalue weighted by Gasteiger charge is -2.39. The van der Waals surface area contributed by atoms with Crippen molar-refractivity contribution < 1.29 is 9.53 Å². The molecule has 1 N–H and O–H groups in total. The summed E-state index contributed by atoms with van der Waals surface area (Å²) in [5.74, 6) is 0.685. The molecule has 1 aliphatic heterocycles. The zero-order chi connectivity index (χ0) is 16.9. The Morgan fingerprint density at radius 3 is 2.96 bits per heavy atom. The van der Waals surface area contributed by atoms with Gasteiger partial charge < -0.3 is 14.6 Å². The lowest BCUT2D eigenvalue weighted by Crippen LogP contribution is -2.55. The van der Waals surface area contributed by atoms with Crippen molar-refractivity contribution in [2.75, 3.05) is 26.3 Å². The molecule has 132 valence electrons. The van der Waals surface area contributed by atoms with Gasteiger partial charge in [-0.25, -0.2) is 0 Å². The molecule has 1 saturated carbocycles. The molecule has 1 unspecified atom stereocenters. The monoisotopic (exact) mass is 333 g/mol. The maximum absolute atomic E-state index is 12.6. The van der Waals surface area contributed by atoms with Crippen LogP contribution in [-0.4, -0.2) is 47.7 Å². The third-order valence-electron chi connectivity index (χ3n) is 5.15. The molecular weight excluding hydrogens is 306 g/mol. The summed E-state index contributed by atoms with van der Waals surface area (Å²) < 4.78 is 7.16. The molecule has 1 aromatic heterocycles. The molecule has 2 heterocycles. The van der Waals surface area contributed by atoms with Crippen molar-refractivity contribution >= 4 is 5.91 Å². The summed E-state index contributed by atoms with van der Waals surface area (Å²) in [6.45, 7) is 5.75. The van der Waals surface area contributed by atoms with Crippen molar-refractivity contribution in [1.82, 2.24) is 14.8 Å². The summed E-state index contributed by atoms with van der Waals surface area (Å²) in [4.78, 5) is 27.1. The van der Waals surface area contributed by atoms with E-state index < -0.39 is 0 Å². The molecule has 6 nitrogen and oxygen atoms in total. The molecule has 2 aliphatic rings. The quantitative estimate of drug-likeness (QED) is 0.843. The first kappa shape index (κ1) is 17.2. The molecule has 0 aromatic carbocycles. The molecule has 24 heavy (non-hydrogen) atoms. The fourth-order valence-corrected chi connectivity index (χ4v) is 3.38. The lowest BCUT2D eigenvalue weighted by molar-refractivity contribution is -0.133. The van der Waals surface area contributed by atoms with Gasteiger partial charge in [0.15, 0.2) is 0 Å². The highest BCUT2D eigenvalue weighted by Gasteiger charge is 2.32. The maximum atomic E-state index is 12.6. The predicted octanol–water partition coefficient (Wildman–Crippen LogP) is 0.985. The molecule has 1 saturated heterocycles. The van der Waals surface area contributed by atoms with Gasteiger partial charge in [-0.05, 0) is 31.7 Å². The number of hydrogen-bond donors (Lipinski definition) is 1. The second-order valence-corrected chi connectivity index (χ2v) is 6.72. The van der Waals surface area contributed by atoms with E-state index in [9.17, 15) is 9.59 Å². The van der Waals surface area contributed by atoms with Crippen LogP contribution in [0.2, 0.25) is 0 Å². The van der Waals surface area contributed by atoms with Crippen LogP contribution in [0.15, 0.2) is 23.1 Å². The Hall–Kier alpha value is -1.66. The summed E-state index contributed by atoms with van der Waals surface area (Å²) in [5, 5.41) is 2.93. The lowest BCUT2D eigenvalue weighted by atomic mass is 9.84. The third-order valence-corrected chi connectivity index (χ3v) is 5.15. The maximum Gasteiger partial charge on any atom is 0.255 e. The summed E-state index contributed by atoms with van der Waals surface area (Å²) >= 11 is 0. The number of nitrogens with one attached hydrogen (secondary N) is 1. The van der Waals surface area contributed by atoms with Gasteiger partial charge in [0, 0.05) is 37.9 Å². The SMILES string of the molecule is CCn1cccc(CNC(=O)C2COCCN2CC2CCC2)c1=O. The van der Waals surface area contributed by atoms with E-state index in [4.69, 9.17) is 4.74 Å². The molecule has 1 aromatic rings. The first-order valence-electron chi connectivity index (χ1n) is 8.97. The van der Waals surface area contributed by atoms with Crippen LogP contribution in [0, 0.1) is 5.92 Å². The predicted molar refractivity (Wildman–Crippen MR) is 91.7 cm³/mol. The normalized spacial score (nSPS) is 22.1. The van der Waals surface area contributed by atoms with Gasteiger partial charge in [0.1, 0.15) is 6.04 Å². The molecule has 1 atom stereocenters. The molecule has 3 rings (SSSR count). The van der Waals surface area contributed by atoms with Crippen molar-refractivity contribution in [1.29, 1.82) is 0 Å². The van der Waals surface area contributed by atoms with Crippen LogP contribution in [0.5, 0.6) is 0 Å². The van der Waals surface area contributed by atoms with Gasteiger partial charge >= 0.3 is 0 Å². The van der Waals surface area contributed by atoms with E-state index in [2.05, 4.69) is 10.2 Å². The first-order valence-corrected chi connectivity index (χ1v) is 8.97. The van der Waals surface area contributed by atoms with Crippen LogP contribution in [0.25, 0.3) is 0 Å². The Bertz CT molecular complexity index is 624. The van der Waals surface area contributed by atoms with E-state index in [0.717, 1.165) is 19.0 Å². The molecule has 2 fully saturated rings. The van der Waals surface area contributed by atoms with Gasteiger partial charge in [-0.2, -0.15) is 0 Å². The Labute approximate surface area is 142 Å². The summed E-state index contributed by atoms with van der Waals surface area (Å²) in [7, 11) is 0. The Morgan fingerprint density at radius 2 is 2.25 bits per heavy atom. The molecule has 1 aliphatic carbocycles. The number of carbonyl (C=O) groups excluding carboxylic acids is 1. The van der Waals surface area contributed by atoms with Gasteiger partial charge in [0.05, 0.1) is 13.2 Å². The number of rotatable bonds is 6. The van der Waals surface area contributed by atoms with Crippen LogP contribution in [0.1, 0.15) is 31.7 Å². The zero-order valence-electron chi connectivity index (χ0n) is 14.4. The number of nitrogens with zero attached hydrogens (tertiary/aromatic N) is 2. The summed E-state index contributed by atoms with van der Waals surface area (Å²) in [5.41, 5.74) is 0.585. The van der Waals surface area contributed by atoms with Gasteiger partial charge in [0.25, 0.3) is 5.56 Å². The number of aryl methyl sites for hydroxylation is 1. The molecular formula is C18H27N3O3. The Balaban J connectivity index is 1.59. The number of pyridine rings is 1. The fraction of sp³-hybridized carbons (Fsp3) is 0.667. The highest BCUT2D eigenvalue weighted by molar-refractivity contribution is 5.82. The van der Waals surface area contributed by atoms with Gasteiger partial charge in [-0.1, -0.05) is 12.5 Å². The van der Waals surface area contributed by atoms with Crippen LogP contribution in [0.3, 0.4) is 0 Å². The summed E-state index contributed by atoms with van der Waals surface area (Å²) in [6.07, 6.45) is 5.62. The van der Waals surface area contributed by atoms with E-state index in [0.29, 0.717) is 25.3 Å². The van der Waals surface area contributed by atoms with Gasteiger partial charge in [0.2, 0.25) is 5.91 Å². The second-order valence-electron chi connectivity index (χ2n) is 6.72. The molecule has 0 bridgehead atoms.